The summed E-state index contributed by atoms with van der Waals surface area (Å²) in [6.45, 7) is 0. The molecule has 0 spiro atoms. The van der Waals surface area contributed by atoms with E-state index in [1.54, 1.807) is 0 Å². The average molecular weight is 246 g/mol. The van der Waals surface area contributed by atoms with E-state index in [1.807, 2.05) is 0 Å². The van der Waals surface area contributed by atoms with Crippen LogP contribution in [0.4, 0.5) is 35.1 Å². The molecule has 0 bridgehead atoms. The minimum Gasteiger partial charge on any atom is -0.793 e. The summed E-state index contributed by atoms with van der Waals surface area (Å²) < 4.78 is 91.9. The zero-order chi connectivity index (χ0) is 12.0. The third-order valence-corrected chi connectivity index (χ3v) is 1.13. The van der Waals surface area contributed by atoms with Crippen molar-refractivity contribution in [2.45, 2.75) is 24.1 Å². The molecule has 0 amide bonds. The van der Waals surface area contributed by atoms with E-state index in [1.165, 1.54) is 0 Å². The molecule has 0 aromatic carbocycles. The summed E-state index contributed by atoms with van der Waals surface area (Å²) in [5.74, 6) is -13.9. The smallest absolute Gasteiger partial charge is 0.793 e. The molecule has 86 valence electrons. The van der Waals surface area contributed by atoms with Crippen LogP contribution in [0.3, 0.4) is 0 Å². The van der Waals surface area contributed by atoms with Gasteiger partial charge in [0.05, 0.1) is 0 Å². The van der Waals surface area contributed by atoms with E-state index in [2.05, 4.69) is 0 Å². The maximum atomic E-state index is 11.7. The maximum Gasteiger partial charge on any atom is 1.00 e. The fraction of sp³-hybridized carbons (Fsp3) is 1.00. The van der Waals surface area contributed by atoms with Crippen LogP contribution < -0.4 is 47.9 Å². The van der Waals surface area contributed by atoms with Crippen molar-refractivity contribution < 1.29 is 83.1 Å². The van der Waals surface area contributed by atoms with Crippen LogP contribution in [0, 0.1) is 0 Å². The predicted octanol–water partition coefficient (Wildman–Crippen LogP) is -5.83. The number of hydrogen-bond acceptors (Lipinski definition) is 2. The van der Waals surface area contributed by atoms with E-state index < -0.39 is 24.1 Å². The second-order valence-corrected chi connectivity index (χ2v) is 2.18. The van der Waals surface area contributed by atoms with Gasteiger partial charge in [0, 0.05) is 0 Å². The zero-order valence-electron chi connectivity index (χ0n) is 7.84. The van der Waals surface area contributed by atoms with Crippen molar-refractivity contribution in [3.63, 3.8) is 0 Å². The third-order valence-electron chi connectivity index (χ3n) is 1.13. The quantitative estimate of drug-likeness (QED) is 0.368. The van der Waals surface area contributed by atoms with Gasteiger partial charge in [0.2, 0.25) is 0 Å². The van der Waals surface area contributed by atoms with Crippen molar-refractivity contribution >= 4 is 0 Å². The number of rotatable bonds is 3. The van der Waals surface area contributed by atoms with Gasteiger partial charge in [-0.1, -0.05) is 0 Å². The van der Waals surface area contributed by atoms with Crippen LogP contribution in [0.25, 0.3) is 0 Å². The van der Waals surface area contributed by atoms with Crippen LogP contribution >= 0.6 is 0 Å². The fourth-order valence-electron chi connectivity index (χ4n) is 0.366. The van der Waals surface area contributed by atoms with E-state index >= 15 is 0 Å². The molecule has 0 saturated heterocycles. The summed E-state index contributed by atoms with van der Waals surface area (Å²) >= 11 is 0. The number of alkyl halides is 8. The molecule has 0 rings (SSSR count). The summed E-state index contributed by atoms with van der Waals surface area (Å²) in [5.41, 5.74) is 0. The Balaban J connectivity index is -0.000000845. The van der Waals surface area contributed by atoms with E-state index in [0.29, 0.717) is 0 Å². The van der Waals surface area contributed by atoms with Gasteiger partial charge in [-0.3, -0.25) is 0 Å². The fourth-order valence-corrected chi connectivity index (χ4v) is 0.366. The van der Waals surface area contributed by atoms with Crippen molar-refractivity contribution in [2.75, 3.05) is 0 Å². The van der Waals surface area contributed by atoms with Crippen molar-refractivity contribution in [2.24, 2.45) is 0 Å². The first-order chi connectivity index (χ1) is 5.75. The molecule has 0 aliphatic rings. The Bertz CT molecular complexity index is 197. The van der Waals surface area contributed by atoms with E-state index in [9.17, 15) is 45.3 Å². The third kappa shape index (κ3) is 3.52. The van der Waals surface area contributed by atoms with Gasteiger partial charge in [-0.2, -0.15) is 17.6 Å². The van der Waals surface area contributed by atoms with Gasteiger partial charge in [-0.25, -0.2) is 17.6 Å². The standard InChI is InChI=1S/C4F8O2.2Li/c5-1(6,3(9,10)13)2(7,8)4(11,12)14;;/q-2;2*+1. The van der Waals surface area contributed by atoms with Crippen LogP contribution in [0.5, 0.6) is 0 Å². The normalized spacial score (nSPS) is 13.9. The molecule has 12 heteroatoms. The maximum absolute atomic E-state index is 11.7. The van der Waals surface area contributed by atoms with Crippen LogP contribution in [0.15, 0.2) is 0 Å². The van der Waals surface area contributed by atoms with Crippen LogP contribution in [-0.2, 0) is 0 Å². The molecule has 0 unspecified atom stereocenters. The first kappa shape index (κ1) is 21.8. The molecule has 0 fully saturated rings. The first-order valence-electron chi connectivity index (χ1n) is 2.67. The van der Waals surface area contributed by atoms with Gasteiger partial charge in [0.25, 0.3) is 12.2 Å². The molecule has 0 atom stereocenters. The Hall–Kier alpha value is 0.555. The molecule has 0 N–H and O–H groups in total. The minimum absolute atomic E-state index is 0. The van der Waals surface area contributed by atoms with Gasteiger partial charge in [0.1, 0.15) is 0 Å². The summed E-state index contributed by atoms with van der Waals surface area (Å²) in [7, 11) is 0. The molecule has 2 nitrogen and oxygen atoms in total. The average Bonchev–Trinajstić information content (AvgIpc) is 1.81. The van der Waals surface area contributed by atoms with Gasteiger partial charge >= 0.3 is 49.6 Å². The molecular weight excluding hydrogens is 246 g/mol. The van der Waals surface area contributed by atoms with Gasteiger partial charge in [-0.05, 0) is 0 Å². The molecule has 0 heterocycles. The van der Waals surface area contributed by atoms with E-state index in [0.717, 1.165) is 0 Å². The second kappa shape index (κ2) is 5.47. The molecule has 0 aliphatic heterocycles. The van der Waals surface area contributed by atoms with Crippen molar-refractivity contribution in [3.05, 3.63) is 0 Å². The summed E-state index contributed by atoms with van der Waals surface area (Å²) in [6, 6.07) is 0. The second-order valence-electron chi connectivity index (χ2n) is 2.18. The predicted molar refractivity (Wildman–Crippen MR) is 19.8 cm³/mol. The van der Waals surface area contributed by atoms with Crippen molar-refractivity contribution in [1.82, 2.24) is 0 Å². The topological polar surface area (TPSA) is 46.1 Å². The Morgan fingerprint density at radius 1 is 0.500 bits per heavy atom. The van der Waals surface area contributed by atoms with E-state index in [4.69, 9.17) is 0 Å². The molecule has 0 saturated carbocycles. The molecule has 0 aromatic heterocycles. The van der Waals surface area contributed by atoms with Gasteiger partial charge < -0.3 is 10.2 Å². The Kier molecular flexibility index (Phi) is 7.45. The summed E-state index contributed by atoms with van der Waals surface area (Å²) in [6.07, 6.45) is -13.4. The number of hydrogen-bond donors (Lipinski definition) is 0. The van der Waals surface area contributed by atoms with Gasteiger partial charge in [-0.15, -0.1) is 0 Å². The first-order valence-corrected chi connectivity index (χ1v) is 2.67. The van der Waals surface area contributed by atoms with Crippen molar-refractivity contribution in [3.8, 4) is 0 Å². The number of halogens is 8. The molecule has 0 aliphatic carbocycles. The monoisotopic (exact) mass is 246 g/mol. The van der Waals surface area contributed by atoms with Crippen LogP contribution in [0.2, 0.25) is 0 Å². The SMILES string of the molecule is [Li+].[Li+].[O-]C(F)(F)C(F)(F)C(F)(F)C([O-])(F)F. The molecule has 16 heavy (non-hydrogen) atoms. The molecule has 0 radical (unpaired) electrons. The summed E-state index contributed by atoms with van der Waals surface area (Å²) in [4.78, 5) is 0. The summed E-state index contributed by atoms with van der Waals surface area (Å²) in [5, 5.41) is 18.4. The Labute approximate surface area is 107 Å². The largest absolute Gasteiger partial charge is 1.00 e. The molecular formula is C4F8Li2O2. The Morgan fingerprint density at radius 3 is 0.688 bits per heavy atom. The van der Waals surface area contributed by atoms with Crippen molar-refractivity contribution in [1.29, 1.82) is 0 Å². The molecule has 0 aromatic rings. The van der Waals surface area contributed by atoms with Crippen LogP contribution in [0.1, 0.15) is 0 Å². The Morgan fingerprint density at radius 2 is 0.625 bits per heavy atom. The van der Waals surface area contributed by atoms with Crippen LogP contribution in [-0.4, -0.2) is 24.1 Å². The zero-order valence-corrected chi connectivity index (χ0v) is 7.84. The van der Waals surface area contributed by atoms with Gasteiger partial charge in [0.15, 0.2) is 0 Å². The minimum atomic E-state index is -6.97. The van der Waals surface area contributed by atoms with E-state index in [-0.39, 0.29) is 37.7 Å².